The highest BCUT2D eigenvalue weighted by Gasteiger charge is 2.29. The highest BCUT2D eigenvalue weighted by Crippen LogP contribution is 2.24. The zero-order valence-electron chi connectivity index (χ0n) is 13.7. The Morgan fingerprint density at radius 1 is 1.26 bits per heavy atom. The van der Waals surface area contributed by atoms with E-state index in [-0.39, 0.29) is 12.6 Å². The third-order valence-corrected chi connectivity index (χ3v) is 4.75. The molecule has 0 bridgehead atoms. The molecule has 1 saturated heterocycles. The minimum atomic E-state index is 0.191. The maximum Gasteiger partial charge on any atom is 0.240 e. The molecule has 1 fully saturated rings. The first kappa shape index (κ1) is 16.1. The molecule has 124 valence electrons. The highest BCUT2D eigenvalue weighted by molar-refractivity contribution is 5.15. The number of piperidine rings is 1. The van der Waals surface area contributed by atoms with Crippen molar-refractivity contribution in [3.63, 3.8) is 0 Å². The van der Waals surface area contributed by atoms with Gasteiger partial charge in [0.1, 0.15) is 0 Å². The highest BCUT2D eigenvalue weighted by atomic mass is 16.5. The molecule has 2 atom stereocenters. The number of likely N-dealkylation sites (tertiary alicyclic amines) is 1. The van der Waals surface area contributed by atoms with Gasteiger partial charge in [-0.15, -0.1) is 0 Å². The number of aryl methyl sites for hydroxylation is 2. The summed E-state index contributed by atoms with van der Waals surface area (Å²) < 4.78 is 5.40. The van der Waals surface area contributed by atoms with Crippen molar-refractivity contribution in [2.75, 3.05) is 13.2 Å². The first-order valence-corrected chi connectivity index (χ1v) is 8.46. The topological polar surface area (TPSA) is 62.4 Å². The maximum absolute atomic E-state index is 9.62. The van der Waals surface area contributed by atoms with Gasteiger partial charge in [0.25, 0.3) is 0 Å². The lowest BCUT2D eigenvalue weighted by Gasteiger charge is -2.38. The zero-order valence-corrected chi connectivity index (χ0v) is 13.7. The molecule has 0 amide bonds. The molecule has 1 aromatic heterocycles. The van der Waals surface area contributed by atoms with Gasteiger partial charge in [-0.2, -0.15) is 4.98 Å². The fraction of sp³-hybridized carbons (Fsp3) is 0.556. The predicted octanol–water partition coefficient (Wildman–Crippen LogP) is 2.45. The quantitative estimate of drug-likeness (QED) is 0.887. The minimum Gasteiger partial charge on any atom is -0.395 e. The second-order valence-electron chi connectivity index (χ2n) is 6.43. The van der Waals surface area contributed by atoms with Gasteiger partial charge in [0.2, 0.25) is 5.89 Å². The summed E-state index contributed by atoms with van der Waals surface area (Å²) in [6.45, 7) is 4.01. The van der Waals surface area contributed by atoms with Crippen molar-refractivity contribution in [2.24, 2.45) is 5.92 Å². The molecule has 5 heteroatoms. The third-order valence-electron chi connectivity index (χ3n) is 4.75. The van der Waals surface area contributed by atoms with E-state index in [2.05, 4.69) is 34.1 Å². The van der Waals surface area contributed by atoms with Gasteiger partial charge in [-0.3, -0.25) is 4.90 Å². The molecule has 0 saturated carbocycles. The Morgan fingerprint density at radius 3 is 2.87 bits per heavy atom. The number of benzene rings is 1. The van der Waals surface area contributed by atoms with Gasteiger partial charge in [-0.1, -0.05) is 42.4 Å². The number of aromatic nitrogens is 2. The minimum absolute atomic E-state index is 0.191. The molecule has 2 unspecified atom stereocenters. The van der Waals surface area contributed by atoms with Crippen LogP contribution in [0.5, 0.6) is 0 Å². The van der Waals surface area contributed by atoms with Crippen LogP contribution in [0.3, 0.4) is 0 Å². The van der Waals surface area contributed by atoms with E-state index in [1.54, 1.807) is 0 Å². The van der Waals surface area contributed by atoms with Crippen LogP contribution in [0.15, 0.2) is 34.9 Å². The smallest absolute Gasteiger partial charge is 0.240 e. The van der Waals surface area contributed by atoms with Crippen LogP contribution >= 0.6 is 0 Å². The summed E-state index contributed by atoms with van der Waals surface area (Å²) >= 11 is 0. The van der Waals surface area contributed by atoms with Crippen molar-refractivity contribution in [1.29, 1.82) is 0 Å². The summed E-state index contributed by atoms with van der Waals surface area (Å²) in [6, 6.07) is 10.5. The van der Waals surface area contributed by atoms with Crippen LogP contribution in [-0.2, 0) is 19.4 Å². The fourth-order valence-electron chi connectivity index (χ4n) is 3.36. The molecule has 0 spiro atoms. The van der Waals surface area contributed by atoms with Crippen molar-refractivity contribution >= 4 is 0 Å². The molecule has 1 aliphatic rings. The summed E-state index contributed by atoms with van der Waals surface area (Å²) in [4.78, 5) is 6.78. The number of rotatable bonds is 6. The second kappa shape index (κ2) is 7.70. The Labute approximate surface area is 137 Å². The summed E-state index contributed by atoms with van der Waals surface area (Å²) in [5.74, 6) is 1.92. The SMILES string of the molecule is CC1CCCN(Cc2nc(CCc3ccccc3)no2)C1CO. The van der Waals surface area contributed by atoms with E-state index < -0.39 is 0 Å². The Morgan fingerprint density at radius 2 is 2.09 bits per heavy atom. The molecular weight excluding hydrogens is 290 g/mol. The molecule has 2 heterocycles. The van der Waals surface area contributed by atoms with E-state index in [1.165, 1.54) is 12.0 Å². The molecular formula is C18H25N3O2. The Hall–Kier alpha value is -1.72. The van der Waals surface area contributed by atoms with Crippen LogP contribution in [0.4, 0.5) is 0 Å². The van der Waals surface area contributed by atoms with Gasteiger partial charge < -0.3 is 9.63 Å². The van der Waals surface area contributed by atoms with E-state index in [0.717, 1.165) is 31.6 Å². The van der Waals surface area contributed by atoms with Crippen LogP contribution in [0.2, 0.25) is 0 Å². The number of aliphatic hydroxyl groups is 1. The van der Waals surface area contributed by atoms with Crippen LogP contribution in [0.25, 0.3) is 0 Å². The fourth-order valence-corrected chi connectivity index (χ4v) is 3.36. The molecule has 5 nitrogen and oxygen atoms in total. The van der Waals surface area contributed by atoms with Crippen LogP contribution in [-0.4, -0.2) is 39.3 Å². The molecule has 0 radical (unpaired) electrons. The third kappa shape index (κ3) is 4.18. The monoisotopic (exact) mass is 315 g/mol. The van der Waals surface area contributed by atoms with Crippen molar-refractivity contribution in [3.05, 3.63) is 47.6 Å². The van der Waals surface area contributed by atoms with Gasteiger partial charge >= 0.3 is 0 Å². The molecule has 0 aliphatic carbocycles. The van der Waals surface area contributed by atoms with Gasteiger partial charge in [-0.05, 0) is 37.3 Å². The first-order valence-electron chi connectivity index (χ1n) is 8.46. The van der Waals surface area contributed by atoms with Gasteiger partial charge in [0.05, 0.1) is 13.2 Å². The number of nitrogens with zero attached hydrogens (tertiary/aromatic N) is 3. The number of aliphatic hydroxyl groups excluding tert-OH is 1. The Balaban J connectivity index is 1.56. The summed E-state index contributed by atoms with van der Waals surface area (Å²) in [7, 11) is 0. The van der Waals surface area contributed by atoms with Crippen molar-refractivity contribution in [1.82, 2.24) is 15.0 Å². The molecule has 1 N–H and O–H groups in total. The van der Waals surface area contributed by atoms with E-state index in [1.807, 2.05) is 18.2 Å². The summed E-state index contributed by atoms with van der Waals surface area (Å²) in [5.41, 5.74) is 1.28. The average molecular weight is 315 g/mol. The largest absolute Gasteiger partial charge is 0.395 e. The normalized spacial score (nSPS) is 22.3. The Kier molecular flexibility index (Phi) is 5.41. The van der Waals surface area contributed by atoms with E-state index in [0.29, 0.717) is 18.4 Å². The summed E-state index contributed by atoms with van der Waals surface area (Å²) in [6.07, 6.45) is 4.04. The van der Waals surface area contributed by atoms with Crippen molar-refractivity contribution in [3.8, 4) is 0 Å². The number of hydrogen-bond acceptors (Lipinski definition) is 5. The van der Waals surface area contributed by atoms with Gasteiger partial charge in [-0.25, -0.2) is 0 Å². The lowest BCUT2D eigenvalue weighted by Crippen LogP contribution is -2.46. The average Bonchev–Trinajstić information content (AvgIpc) is 3.02. The first-order chi connectivity index (χ1) is 11.3. The second-order valence-corrected chi connectivity index (χ2v) is 6.43. The summed E-state index contributed by atoms with van der Waals surface area (Å²) in [5, 5.41) is 13.7. The Bertz CT molecular complexity index is 599. The predicted molar refractivity (Wildman–Crippen MR) is 87.8 cm³/mol. The van der Waals surface area contributed by atoms with Crippen LogP contribution < -0.4 is 0 Å². The molecule has 23 heavy (non-hydrogen) atoms. The lowest BCUT2D eigenvalue weighted by atomic mass is 9.91. The van der Waals surface area contributed by atoms with Gasteiger partial charge in [0.15, 0.2) is 5.82 Å². The van der Waals surface area contributed by atoms with E-state index >= 15 is 0 Å². The van der Waals surface area contributed by atoms with Crippen LogP contribution in [0, 0.1) is 5.92 Å². The molecule has 2 aromatic rings. The van der Waals surface area contributed by atoms with Crippen molar-refractivity contribution < 1.29 is 9.63 Å². The van der Waals surface area contributed by atoms with E-state index in [4.69, 9.17) is 4.52 Å². The molecule has 1 aliphatic heterocycles. The zero-order chi connectivity index (χ0) is 16.1. The van der Waals surface area contributed by atoms with Gasteiger partial charge in [0, 0.05) is 12.5 Å². The van der Waals surface area contributed by atoms with Crippen molar-refractivity contribution in [2.45, 2.75) is 45.2 Å². The number of hydrogen-bond donors (Lipinski definition) is 1. The van der Waals surface area contributed by atoms with E-state index in [9.17, 15) is 5.11 Å². The molecule has 1 aromatic carbocycles. The molecule has 3 rings (SSSR count). The lowest BCUT2D eigenvalue weighted by molar-refractivity contribution is 0.0400. The van der Waals surface area contributed by atoms with Crippen LogP contribution in [0.1, 0.15) is 37.0 Å². The maximum atomic E-state index is 9.62. The standard InChI is InChI=1S/C18H25N3O2/c1-14-6-5-11-21(16(14)13-22)12-18-19-17(20-23-18)10-9-15-7-3-2-4-8-15/h2-4,7-8,14,16,22H,5-6,9-13H2,1H3.